The average molecular weight is 1550 g/mol. The lowest BCUT2D eigenvalue weighted by molar-refractivity contribution is 0.0789. The van der Waals surface area contributed by atoms with Crippen LogP contribution in [0.3, 0.4) is 0 Å². The second kappa shape index (κ2) is 34.1. The molecule has 9 atom stereocenters. The van der Waals surface area contributed by atoms with Gasteiger partial charge in [-0.1, -0.05) is 36.4 Å². The van der Waals surface area contributed by atoms with Crippen molar-refractivity contribution in [1.82, 2.24) is 34.8 Å². The first-order chi connectivity index (χ1) is 49.2. The molecule has 0 unspecified atom stereocenters. The van der Waals surface area contributed by atoms with Crippen molar-refractivity contribution in [3.05, 3.63) is 182 Å². The van der Waals surface area contributed by atoms with Crippen LogP contribution in [0.15, 0.2) is 148 Å². The predicted octanol–water partition coefficient (Wildman–Crippen LogP) is 3.91. The maximum Gasteiger partial charge on any atom is 0.333 e. The van der Waals surface area contributed by atoms with Gasteiger partial charge in [0.2, 0.25) is 32.3 Å². The SMILES string of the molecule is CC(C)(O)c1csc(C(=O)c2cncnc2N[C@@H]2C[C@H](COS(N)(=O)=O)[C@@H](O)C2)c1.NS(=O)(=O)OC[C@H]1C[C@@H](Cc2ncncc2C(=O)c2cc(CN3CCN(c4ccccc4)CC3)cs2)C[C@@H]1O.NS(=O)(=O)OC[C@H]1C[C@@H](Nc2ncncc2C(=O)c2ccc(S(=O)(=O)c3ccccc3)o2)C[C@@H]1O. The largest absolute Gasteiger partial charge is 0.441 e. The zero-order valence-corrected chi connectivity index (χ0v) is 61.1. The van der Waals surface area contributed by atoms with E-state index >= 15 is 0 Å². The molecule has 1 saturated heterocycles. The third-order valence-corrected chi connectivity index (χ3v) is 22.9. The van der Waals surface area contributed by atoms with E-state index in [2.05, 4.69) is 83.0 Å². The zero-order chi connectivity index (χ0) is 74.7. The molecule has 0 radical (unpaired) electrons. The van der Waals surface area contributed by atoms with Gasteiger partial charge in [-0.15, -0.1) is 22.7 Å². The Bertz CT molecular complexity index is 4750. The minimum Gasteiger partial charge on any atom is -0.441 e. The molecule has 1 aliphatic heterocycles. The molecule has 32 nitrogen and oxygen atoms in total. The third-order valence-electron chi connectivity index (χ3n) is 18.0. The number of benzene rings is 2. The van der Waals surface area contributed by atoms with E-state index in [1.165, 1.54) is 84.0 Å². The summed E-state index contributed by atoms with van der Waals surface area (Å²) in [5.74, 6) is -2.02. The molecule has 0 amide bonds. The number of aliphatic hydroxyl groups is 4. The van der Waals surface area contributed by atoms with Gasteiger partial charge < -0.3 is 40.4 Å². The summed E-state index contributed by atoms with van der Waals surface area (Å²) in [7, 11) is -16.2. The molecule has 0 bridgehead atoms. The van der Waals surface area contributed by atoms with Gasteiger partial charge in [-0.2, -0.15) is 25.3 Å². The van der Waals surface area contributed by atoms with Crippen LogP contribution in [0, 0.1) is 23.7 Å². The minimum atomic E-state index is -4.14. The summed E-state index contributed by atoms with van der Waals surface area (Å²) in [5, 5.41) is 65.1. The molecule has 6 aromatic heterocycles. The summed E-state index contributed by atoms with van der Waals surface area (Å²) >= 11 is 2.65. The van der Waals surface area contributed by atoms with Crippen LogP contribution in [0.5, 0.6) is 0 Å². The van der Waals surface area contributed by atoms with Gasteiger partial charge in [0, 0.05) is 86.8 Å². The van der Waals surface area contributed by atoms with E-state index in [9.17, 15) is 68.5 Å². The van der Waals surface area contributed by atoms with Crippen LogP contribution in [-0.4, -0.2) is 183 Å². The number of rotatable bonds is 27. The molecule has 4 fully saturated rings. The van der Waals surface area contributed by atoms with Gasteiger partial charge in [-0.05, 0) is 135 Å². The number of sulfone groups is 1. The van der Waals surface area contributed by atoms with Crippen molar-refractivity contribution >= 4 is 98.1 Å². The Morgan fingerprint density at radius 1 is 0.587 bits per heavy atom. The Labute approximate surface area is 608 Å². The van der Waals surface area contributed by atoms with Crippen LogP contribution < -0.4 is 31.0 Å². The van der Waals surface area contributed by atoms with Crippen LogP contribution in [-0.2, 0) is 71.9 Å². The molecule has 3 aliphatic carbocycles. The molecular weight excluding hydrogens is 1470 g/mol. The lowest BCUT2D eigenvalue weighted by Gasteiger charge is -2.36. The Morgan fingerprint density at radius 2 is 1.07 bits per heavy atom. The van der Waals surface area contributed by atoms with Gasteiger partial charge in [-0.25, -0.2) is 53.7 Å². The van der Waals surface area contributed by atoms with Crippen molar-refractivity contribution in [2.45, 2.75) is 111 Å². The van der Waals surface area contributed by atoms with Crippen LogP contribution in [0.2, 0.25) is 0 Å². The van der Waals surface area contributed by atoms with Gasteiger partial charge in [0.15, 0.2) is 5.76 Å². The highest BCUT2D eigenvalue weighted by molar-refractivity contribution is 7.91. The van der Waals surface area contributed by atoms with Crippen molar-refractivity contribution < 1.29 is 85.4 Å². The van der Waals surface area contributed by atoms with E-state index in [0.29, 0.717) is 70.9 Å². The molecule has 8 aromatic rings. The van der Waals surface area contributed by atoms with Crippen molar-refractivity contribution in [3.63, 3.8) is 0 Å². The molecule has 12 N–H and O–H groups in total. The number of para-hydroxylation sites is 1. The lowest BCUT2D eigenvalue weighted by Crippen LogP contribution is -2.45. The number of nitrogens with two attached hydrogens (primary N) is 3. The van der Waals surface area contributed by atoms with Crippen LogP contribution in [0.4, 0.5) is 17.3 Å². The van der Waals surface area contributed by atoms with Gasteiger partial charge in [-0.3, -0.25) is 31.8 Å². The molecule has 7 heterocycles. The fraction of sp³-hybridized carbons (Fsp3) is 0.409. The highest BCUT2D eigenvalue weighted by Crippen LogP contribution is 2.37. The number of thiophene rings is 2. The molecule has 3 saturated carbocycles. The molecular formula is C66H79N13O19S6. The molecule has 4 aliphatic rings. The molecule has 558 valence electrons. The summed E-state index contributed by atoms with van der Waals surface area (Å²) in [5.41, 5.74) is 3.33. The first-order valence-corrected chi connectivity index (χ1v) is 40.3. The maximum absolute atomic E-state index is 13.4. The summed E-state index contributed by atoms with van der Waals surface area (Å²) in [4.78, 5) is 70.0. The molecule has 2 aromatic carbocycles. The summed E-state index contributed by atoms with van der Waals surface area (Å²) in [6, 6.07) is 23.6. The van der Waals surface area contributed by atoms with Crippen molar-refractivity contribution in [2.24, 2.45) is 39.1 Å². The van der Waals surface area contributed by atoms with Crippen LogP contribution in [0.25, 0.3) is 0 Å². The second-order valence-electron chi connectivity index (χ2n) is 26.0. The minimum absolute atomic E-state index is 0.0273. The van der Waals surface area contributed by atoms with E-state index in [4.69, 9.17) is 24.0 Å². The number of nitrogens with one attached hydrogen (secondary N) is 2. The summed E-state index contributed by atoms with van der Waals surface area (Å²) in [6.45, 7) is 7.28. The number of nitrogens with zero attached hydrogens (tertiary/aromatic N) is 8. The zero-order valence-electron chi connectivity index (χ0n) is 56.2. The number of aliphatic hydroxyl groups excluding tert-OH is 3. The normalized spacial score (nSPS) is 21.7. The van der Waals surface area contributed by atoms with E-state index in [1.54, 1.807) is 49.7 Å². The van der Waals surface area contributed by atoms with Gasteiger partial charge in [0.25, 0.3) is 0 Å². The Hall–Kier alpha value is -7.87. The lowest BCUT2D eigenvalue weighted by atomic mass is 9.96. The number of anilines is 3. The predicted molar refractivity (Wildman–Crippen MR) is 380 cm³/mol. The summed E-state index contributed by atoms with van der Waals surface area (Å²) < 4.78 is 111. The Balaban J connectivity index is 0.000000169. The standard InChI is InChI=1S/C27H33N5O5S2.C21H22N4O8S2.C18H24N4O6S2/c28-39(35,36)37-16-21-10-19(12-25(21)33)11-24-23(14-29-18-30-24)27(34)26-13-20(17-38-26)15-31-6-8-32(9-7-31)22-4-2-1-3-5-22;22-35(30,31)32-11-13-8-14(9-17(13)26)25-21-16(10-23-12-24-21)20(27)18-6-7-19(33-18)34(28,29)15-4-2-1-3-5-15;1-18(2,25)11-4-15(29-8-11)16(24)13-6-20-9-21-17(13)22-12-3-10(14(23)5-12)7-28-30(19,26)27/h1-5,13-14,17-19,21,25,33H,6-12,15-16H2,(H2,28,35,36);1-7,10,12-14,17,26H,8-9,11H2,(H2,22,30,31)(H,23,24,25);4,6,8-10,12,14,23,25H,3,5,7H2,1-2H3,(H2,19,26,27)(H,20,21,22)/t19-,21+,25-;13-,14-,17+;10-,12-,14+/m011/s1. The number of hydrogen-bond donors (Lipinski definition) is 9. The fourth-order valence-electron chi connectivity index (χ4n) is 12.6. The van der Waals surface area contributed by atoms with E-state index in [1.807, 2.05) is 17.5 Å². The Morgan fingerprint density at radius 3 is 1.61 bits per heavy atom. The van der Waals surface area contributed by atoms with Gasteiger partial charge in [0.1, 0.15) is 30.6 Å². The Kier molecular flexibility index (Phi) is 25.8. The van der Waals surface area contributed by atoms with E-state index in [0.717, 1.165) is 38.3 Å². The van der Waals surface area contributed by atoms with Crippen molar-refractivity contribution in [3.8, 4) is 0 Å². The average Bonchev–Trinajstić information content (AvgIpc) is 1.65. The molecule has 104 heavy (non-hydrogen) atoms. The number of carbonyl (C=O) groups is 3. The smallest absolute Gasteiger partial charge is 0.333 e. The first kappa shape index (κ1) is 78.7. The van der Waals surface area contributed by atoms with E-state index in [-0.39, 0.29) is 94.4 Å². The van der Waals surface area contributed by atoms with Crippen LogP contribution in [0.1, 0.15) is 116 Å². The number of ketones is 3. The summed E-state index contributed by atoms with van der Waals surface area (Å²) in [6.07, 6.45) is 8.67. The topological polar surface area (TPSA) is 495 Å². The number of carbonyl (C=O) groups excluding carboxylic acids is 3. The first-order valence-electron chi connectivity index (χ1n) is 32.7. The number of furan rings is 1. The van der Waals surface area contributed by atoms with Crippen molar-refractivity contribution in [2.75, 3.05) is 61.5 Å². The molecule has 12 rings (SSSR count). The van der Waals surface area contributed by atoms with Gasteiger partial charge >= 0.3 is 30.9 Å². The van der Waals surface area contributed by atoms with Gasteiger partial charge in [0.05, 0.1) is 80.8 Å². The monoisotopic (exact) mass is 1550 g/mol. The molecule has 0 spiro atoms. The quantitative estimate of drug-likeness (QED) is 0.0329. The second-order valence-corrected chi connectivity index (χ2v) is 33.4. The third kappa shape index (κ3) is 21.7. The number of hydrogen-bond acceptors (Lipinski definition) is 31. The van der Waals surface area contributed by atoms with Crippen LogP contribution >= 0.6 is 22.7 Å². The molecule has 38 heteroatoms. The number of piperazine rings is 1. The van der Waals surface area contributed by atoms with Crippen molar-refractivity contribution in [1.29, 1.82) is 0 Å². The fourth-order valence-corrected chi connectivity index (χ4v) is 16.8. The maximum atomic E-state index is 13.4. The number of aromatic nitrogens is 6. The van der Waals surface area contributed by atoms with E-state index < -0.39 is 82.3 Å². The highest BCUT2D eigenvalue weighted by atomic mass is 32.2. The highest BCUT2D eigenvalue weighted by Gasteiger charge is 2.39.